The van der Waals surface area contributed by atoms with Crippen molar-refractivity contribution in [3.05, 3.63) is 54.9 Å². The van der Waals surface area contributed by atoms with Crippen LogP contribution in [0.5, 0.6) is 0 Å². The molecule has 3 unspecified atom stereocenters. The number of anilines is 1. The minimum Gasteiger partial charge on any atom is -0.345 e. The first-order chi connectivity index (χ1) is 16.3. The molecule has 0 spiro atoms. The van der Waals surface area contributed by atoms with E-state index in [4.69, 9.17) is 0 Å². The van der Waals surface area contributed by atoms with Crippen molar-refractivity contribution in [3.8, 4) is 5.69 Å². The van der Waals surface area contributed by atoms with Gasteiger partial charge in [-0.05, 0) is 55.5 Å². The van der Waals surface area contributed by atoms with E-state index in [-0.39, 0.29) is 24.3 Å². The molecule has 1 aliphatic carbocycles. The fourth-order valence-electron chi connectivity index (χ4n) is 4.52. The maximum Gasteiger partial charge on any atom is 0.243 e. The van der Waals surface area contributed by atoms with Crippen LogP contribution in [0.15, 0.2) is 54.9 Å². The second kappa shape index (κ2) is 10.0. The van der Waals surface area contributed by atoms with E-state index in [0.29, 0.717) is 24.9 Å². The molecule has 34 heavy (non-hydrogen) atoms. The molecule has 0 bridgehead atoms. The average Bonchev–Trinajstić information content (AvgIpc) is 3.44. The second-order valence-corrected chi connectivity index (χ2v) is 9.11. The second-order valence-electron chi connectivity index (χ2n) is 9.11. The molecule has 0 saturated carbocycles. The van der Waals surface area contributed by atoms with Crippen molar-refractivity contribution in [2.24, 2.45) is 17.8 Å². The minimum absolute atomic E-state index is 0.0826. The number of rotatable bonds is 8. The molecule has 9 nitrogen and oxygen atoms in total. The van der Waals surface area contributed by atoms with Gasteiger partial charge in [-0.25, -0.2) is 4.68 Å². The summed E-state index contributed by atoms with van der Waals surface area (Å²) in [7, 11) is 0. The van der Waals surface area contributed by atoms with Crippen LogP contribution >= 0.6 is 0 Å². The molecule has 1 fully saturated rings. The Bertz CT molecular complexity index is 1070. The lowest BCUT2D eigenvalue weighted by Crippen LogP contribution is -2.51. The summed E-state index contributed by atoms with van der Waals surface area (Å²) in [6.45, 7) is 3.60. The summed E-state index contributed by atoms with van der Waals surface area (Å²) in [5, 5.41) is 9.51. The third kappa shape index (κ3) is 4.93. The number of imide groups is 1. The van der Waals surface area contributed by atoms with Crippen molar-refractivity contribution >= 4 is 29.3 Å². The lowest BCUT2D eigenvalue weighted by molar-refractivity contribution is -0.148. The number of amides is 4. The van der Waals surface area contributed by atoms with Gasteiger partial charge in [-0.3, -0.25) is 24.1 Å². The van der Waals surface area contributed by atoms with Gasteiger partial charge in [0, 0.05) is 18.1 Å². The maximum atomic E-state index is 13.0. The summed E-state index contributed by atoms with van der Waals surface area (Å²) in [6.07, 6.45) is 8.70. The van der Waals surface area contributed by atoms with E-state index in [9.17, 15) is 19.2 Å². The van der Waals surface area contributed by atoms with Crippen LogP contribution < -0.4 is 10.6 Å². The number of hydrogen-bond acceptors (Lipinski definition) is 5. The van der Waals surface area contributed by atoms with E-state index in [2.05, 4.69) is 15.7 Å². The quantitative estimate of drug-likeness (QED) is 0.461. The number of fused-ring (bicyclic) bond motifs is 1. The van der Waals surface area contributed by atoms with Crippen LogP contribution in [0.1, 0.15) is 33.1 Å². The molecule has 9 heteroatoms. The lowest BCUT2D eigenvalue weighted by Gasteiger charge is -2.27. The minimum atomic E-state index is -0.924. The Hall–Kier alpha value is -3.75. The molecule has 4 rings (SSSR count). The van der Waals surface area contributed by atoms with Crippen LogP contribution in [0.2, 0.25) is 0 Å². The Morgan fingerprint density at radius 1 is 1.06 bits per heavy atom. The molecule has 178 valence electrons. The van der Waals surface area contributed by atoms with Gasteiger partial charge in [-0.1, -0.05) is 26.0 Å². The van der Waals surface area contributed by atoms with Crippen LogP contribution in [-0.2, 0) is 19.2 Å². The monoisotopic (exact) mass is 463 g/mol. The zero-order chi connectivity index (χ0) is 24.2. The van der Waals surface area contributed by atoms with Crippen LogP contribution in [0.4, 0.5) is 5.69 Å². The van der Waals surface area contributed by atoms with Gasteiger partial charge < -0.3 is 10.6 Å². The first-order valence-electron chi connectivity index (χ1n) is 11.5. The summed E-state index contributed by atoms with van der Waals surface area (Å²) in [4.78, 5) is 52.6. The Balaban J connectivity index is 1.37. The molecule has 1 saturated heterocycles. The molecule has 4 amide bonds. The van der Waals surface area contributed by atoms with E-state index in [1.54, 1.807) is 23.0 Å². The van der Waals surface area contributed by atoms with Gasteiger partial charge in [0.05, 0.1) is 24.1 Å². The largest absolute Gasteiger partial charge is 0.345 e. The molecule has 0 radical (unpaired) electrons. The van der Waals surface area contributed by atoms with E-state index < -0.39 is 29.7 Å². The van der Waals surface area contributed by atoms with Crippen molar-refractivity contribution in [1.29, 1.82) is 0 Å². The molecule has 1 aromatic carbocycles. The Kier molecular flexibility index (Phi) is 6.90. The van der Waals surface area contributed by atoms with Gasteiger partial charge >= 0.3 is 0 Å². The zero-order valence-corrected chi connectivity index (χ0v) is 19.3. The number of likely N-dealkylation sites (tertiary alicyclic amines) is 1. The van der Waals surface area contributed by atoms with E-state index >= 15 is 0 Å². The third-order valence-corrected chi connectivity index (χ3v) is 6.19. The smallest absolute Gasteiger partial charge is 0.243 e. The van der Waals surface area contributed by atoms with Crippen LogP contribution in [0, 0.1) is 17.8 Å². The molecule has 2 heterocycles. The van der Waals surface area contributed by atoms with Crippen LogP contribution in [0.25, 0.3) is 5.69 Å². The van der Waals surface area contributed by atoms with Gasteiger partial charge in [-0.2, -0.15) is 5.10 Å². The number of nitrogens with zero attached hydrogens (tertiary/aromatic N) is 3. The van der Waals surface area contributed by atoms with Crippen molar-refractivity contribution in [3.63, 3.8) is 0 Å². The topological polar surface area (TPSA) is 113 Å². The Morgan fingerprint density at radius 2 is 1.71 bits per heavy atom. The molecular formula is C25H29N5O4. The van der Waals surface area contributed by atoms with Crippen molar-refractivity contribution in [2.75, 3.05) is 11.9 Å². The van der Waals surface area contributed by atoms with Crippen molar-refractivity contribution in [2.45, 2.75) is 39.2 Å². The van der Waals surface area contributed by atoms with Gasteiger partial charge in [0.2, 0.25) is 23.6 Å². The highest BCUT2D eigenvalue weighted by Crippen LogP contribution is 2.37. The van der Waals surface area contributed by atoms with Crippen molar-refractivity contribution in [1.82, 2.24) is 20.0 Å². The number of benzene rings is 1. The fourth-order valence-corrected chi connectivity index (χ4v) is 4.52. The predicted molar refractivity (Wildman–Crippen MR) is 126 cm³/mol. The molecule has 3 atom stereocenters. The first kappa shape index (κ1) is 23.4. The SMILES string of the molecule is CC(C)CC(C(=O)NCC(=O)Nc1ccc(-n2cccn2)cc1)N1C(=O)C2CC=CCC2C1=O. The Labute approximate surface area is 198 Å². The van der Waals surface area contributed by atoms with Gasteiger partial charge in [-0.15, -0.1) is 0 Å². The summed E-state index contributed by atoms with van der Waals surface area (Å²) < 4.78 is 1.70. The lowest BCUT2D eigenvalue weighted by atomic mass is 9.85. The predicted octanol–water partition coefficient (Wildman–Crippen LogP) is 2.29. The molecular weight excluding hydrogens is 434 g/mol. The van der Waals surface area contributed by atoms with E-state index in [1.807, 2.05) is 50.4 Å². The number of carbonyl (C=O) groups excluding carboxylic acids is 4. The number of aromatic nitrogens is 2. The first-order valence-corrected chi connectivity index (χ1v) is 11.5. The number of carbonyl (C=O) groups is 4. The van der Waals surface area contributed by atoms with E-state index in [1.165, 1.54) is 0 Å². The highest BCUT2D eigenvalue weighted by atomic mass is 16.2. The van der Waals surface area contributed by atoms with Crippen LogP contribution in [0.3, 0.4) is 0 Å². The number of hydrogen-bond donors (Lipinski definition) is 2. The standard InChI is InChI=1S/C25H29N5O4/c1-16(2)14-21(30-24(33)19-6-3-4-7-20(19)25(30)34)23(32)26-15-22(31)28-17-8-10-18(11-9-17)29-13-5-12-27-29/h3-5,8-13,16,19-21H,6-7,14-15H2,1-2H3,(H,26,32)(H,28,31). The number of allylic oxidation sites excluding steroid dienone is 2. The third-order valence-electron chi connectivity index (χ3n) is 6.19. The summed E-state index contributed by atoms with van der Waals surface area (Å²) in [5.41, 5.74) is 1.43. The van der Waals surface area contributed by atoms with Gasteiger partial charge in [0.15, 0.2) is 0 Å². The highest BCUT2D eigenvalue weighted by Gasteiger charge is 2.51. The maximum absolute atomic E-state index is 13.0. The summed E-state index contributed by atoms with van der Waals surface area (Å²) >= 11 is 0. The fraction of sp³-hybridized carbons (Fsp3) is 0.400. The average molecular weight is 464 g/mol. The van der Waals surface area contributed by atoms with Crippen molar-refractivity contribution < 1.29 is 19.2 Å². The number of nitrogens with one attached hydrogen (secondary N) is 2. The van der Waals surface area contributed by atoms with Gasteiger partial charge in [0.1, 0.15) is 6.04 Å². The molecule has 1 aromatic heterocycles. The van der Waals surface area contributed by atoms with Gasteiger partial charge in [0.25, 0.3) is 0 Å². The normalized spacial score (nSPS) is 20.4. The summed E-state index contributed by atoms with van der Waals surface area (Å²) in [6, 6.07) is 8.02. The molecule has 2 N–H and O–H groups in total. The van der Waals surface area contributed by atoms with Crippen LogP contribution in [-0.4, -0.2) is 50.9 Å². The summed E-state index contributed by atoms with van der Waals surface area (Å²) in [5.74, 6) is -2.18. The zero-order valence-electron chi connectivity index (χ0n) is 19.3. The molecule has 2 aliphatic rings. The molecule has 1 aliphatic heterocycles. The van der Waals surface area contributed by atoms with E-state index in [0.717, 1.165) is 10.6 Å². The Morgan fingerprint density at radius 3 is 2.26 bits per heavy atom. The highest BCUT2D eigenvalue weighted by molar-refractivity contribution is 6.08. The molecule has 2 aromatic rings.